The van der Waals surface area contributed by atoms with E-state index in [0.717, 1.165) is 50.9 Å². The zero-order valence-corrected chi connectivity index (χ0v) is 19.8. The van der Waals surface area contributed by atoms with Crippen molar-refractivity contribution in [2.45, 2.75) is 58.7 Å². The first-order valence-corrected chi connectivity index (χ1v) is 12.0. The largest absolute Gasteiger partial charge is 0.484 e. The Balaban J connectivity index is 1.29. The van der Waals surface area contributed by atoms with Gasteiger partial charge in [-0.2, -0.15) is 4.98 Å². The van der Waals surface area contributed by atoms with Gasteiger partial charge in [0.05, 0.1) is 6.10 Å². The van der Waals surface area contributed by atoms with Crippen molar-refractivity contribution in [3.8, 4) is 5.75 Å². The maximum Gasteiger partial charge on any atom is 0.298 e. The summed E-state index contributed by atoms with van der Waals surface area (Å²) in [5.41, 5.74) is 0.249. The third-order valence-electron chi connectivity index (χ3n) is 7.74. The van der Waals surface area contributed by atoms with Gasteiger partial charge in [0.15, 0.2) is 28.8 Å². The molecule has 0 bridgehead atoms. The topological polar surface area (TPSA) is 76.8 Å². The Morgan fingerprint density at radius 2 is 1.82 bits per heavy atom. The fourth-order valence-corrected chi connectivity index (χ4v) is 5.33. The number of nitrogens with one attached hydrogen (secondary N) is 1. The van der Waals surface area contributed by atoms with E-state index in [9.17, 15) is 13.6 Å². The highest BCUT2D eigenvalue weighted by atomic mass is 19.1. The predicted octanol–water partition coefficient (Wildman–Crippen LogP) is 5.16. The molecule has 7 nitrogen and oxygen atoms in total. The standard InChI is InChI=1S/C25H31F2N3O4/c1-4-25(5-2)12-30(13-25)24-29-21(20(34-24)11-32-3)23(31)28-16-9-18(26)22(19(27)10-16)33-17-7-14-6-15(14)8-17/h9-10,14-15,17H,4-8,11-13H2,1-3H3,(H,28,31)/t14-,15?,17?/m1/s1. The lowest BCUT2D eigenvalue weighted by atomic mass is 9.75. The van der Waals surface area contributed by atoms with E-state index >= 15 is 0 Å². The molecule has 5 rings (SSSR count). The van der Waals surface area contributed by atoms with Crippen LogP contribution < -0.4 is 15.0 Å². The molecule has 184 valence electrons. The Morgan fingerprint density at radius 3 is 2.41 bits per heavy atom. The van der Waals surface area contributed by atoms with Crippen molar-refractivity contribution < 1.29 is 27.5 Å². The van der Waals surface area contributed by atoms with Gasteiger partial charge in [-0.3, -0.25) is 4.79 Å². The molecule has 1 amide bonds. The van der Waals surface area contributed by atoms with Crippen LogP contribution in [0.15, 0.2) is 16.5 Å². The number of oxazole rings is 1. The number of halogens is 2. The number of carbonyl (C=O) groups is 1. The van der Waals surface area contributed by atoms with E-state index in [-0.39, 0.29) is 41.0 Å². The minimum absolute atomic E-state index is 0.0190. The lowest BCUT2D eigenvalue weighted by Crippen LogP contribution is -2.56. The minimum Gasteiger partial charge on any atom is -0.484 e. The number of hydrogen-bond donors (Lipinski definition) is 1. The summed E-state index contributed by atoms with van der Waals surface area (Å²) >= 11 is 0. The number of methoxy groups -OCH3 is 1. The molecule has 9 heteroatoms. The zero-order valence-electron chi connectivity index (χ0n) is 19.8. The molecule has 2 aromatic rings. The summed E-state index contributed by atoms with van der Waals surface area (Å²) in [4.78, 5) is 19.3. The van der Waals surface area contributed by atoms with Gasteiger partial charge in [-0.1, -0.05) is 13.8 Å². The number of rotatable bonds is 9. The van der Waals surface area contributed by atoms with E-state index in [2.05, 4.69) is 24.1 Å². The summed E-state index contributed by atoms with van der Waals surface area (Å²) in [6.45, 7) is 5.98. The third-order valence-corrected chi connectivity index (χ3v) is 7.74. The fraction of sp³-hybridized carbons (Fsp3) is 0.600. The third kappa shape index (κ3) is 4.26. The highest BCUT2D eigenvalue weighted by Gasteiger charge is 2.47. The fourth-order valence-electron chi connectivity index (χ4n) is 5.33. The van der Waals surface area contributed by atoms with E-state index in [0.29, 0.717) is 17.9 Å². The van der Waals surface area contributed by atoms with E-state index < -0.39 is 17.5 Å². The average molecular weight is 476 g/mol. The van der Waals surface area contributed by atoms with E-state index in [1.165, 1.54) is 13.5 Å². The van der Waals surface area contributed by atoms with Crippen LogP contribution in [-0.4, -0.2) is 37.2 Å². The SMILES string of the molecule is CCC1(CC)CN(c2nc(C(=O)Nc3cc(F)c(OC4CC5C[C@@H]5C4)c(F)c3)c(COC)o2)C1. The molecule has 2 unspecified atom stereocenters. The number of benzene rings is 1. The first kappa shape index (κ1) is 23.1. The Kier molecular flexibility index (Phi) is 6.00. The van der Waals surface area contributed by atoms with Gasteiger partial charge in [-0.05, 0) is 43.9 Å². The highest BCUT2D eigenvalue weighted by Crippen LogP contribution is 2.52. The van der Waals surface area contributed by atoms with Crippen molar-refractivity contribution in [3.05, 3.63) is 35.2 Å². The molecular formula is C25H31F2N3O4. The number of ether oxygens (including phenoxy) is 2. The van der Waals surface area contributed by atoms with Crippen LogP contribution in [0.3, 0.4) is 0 Å². The molecule has 2 aliphatic carbocycles. The van der Waals surface area contributed by atoms with Gasteiger partial charge in [0.1, 0.15) is 6.61 Å². The van der Waals surface area contributed by atoms with Crippen molar-refractivity contribution in [2.24, 2.45) is 17.3 Å². The van der Waals surface area contributed by atoms with Gasteiger partial charge in [-0.15, -0.1) is 0 Å². The van der Waals surface area contributed by atoms with E-state index in [1.807, 2.05) is 4.90 Å². The number of aromatic nitrogens is 1. The van der Waals surface area contributed by atoms with Crippen LogP contribution in [0.25, 0.3) is 0 Å². The molecule has 1 aliphatic heterocycles. The highest BCUT2D eigenvalue weighted by molar-refractivity contribution is 6.03. The van der Waals surface area contributed by atoms with Crippen molar-refractivity contribution in [3.63, 3.8) is 0 Å². The Hall–Kier alpha value is -2.68. The molecule has 1 aromatic heterocycles. The van der Waals surface area contributed by atoms with Crippen LogP contribution in [0.2, 0.25) is 0 Å². The minimum atomic E-state index is -0.843. The number of nitrogens with zero attached hydrogens (tertiary/aromatic N) is 2. The van der Waals surface area contributed by atoms with Crippen LogP contribution in [-0.2, 0) is 11.3 Å². The normalized spacial score (nSPS) is 24.5. The molecule has 2 saturated carbocycles. The molecule has 1 aromatic carbocycles. The second kappa shape index (κ2) is 8.83. The number of fused-ring (bicyclic) bond motifs is 1. The predicted molar refractivity (Wildman–Crippen MR) is 122 cm³/mol. The number of anilines is 2. The van der Waals surface area contributed by atoms with Crippen molar-refractivity contribution in [2.75, 3.05) is 30.4 Å². The summed E-state index contributed by atoms with van der Waals surface area (Å²) in [5.74, 6) is -1.15. The molecule has 0 radical (unpaired) electrons. The van der Waals surface area contributed by atoms with E-state index in [4.69, 9.17) is 13.9 Å². The van der Waals surface area contributed by atoms with Gasteiger partial charge in [0.2, 0.25) is 0 Å². The summed E-state index contributed by atoms with van der Waals surface area (Å²) in [6, 6.07) is 2.48. The maximum absolute atomic E-state index is 14.7. The number of hydrogen-bond acceptors (Lipinski definition) is 6. The van der Waals surface area contributed by atoms with Gasteiger partial charge < -0.3 is 24.1 Å². The molecule has 1 N–H and O–H groups in total. The molecule has 1 saturated heterocycles. The molecule has 3 fully saturated rings. The van der Waals surface area contributed by atoms with Crippen LogP contribution in [0.1, 0.15) is 62.2 Å². The summed E-state index contributed by atoms with van der Waals surface area (Å²) in [7, 11) is 1.49. The molecule has 34 heavy (non-hydrogen) atoms. The van der Waals surface area contributed by atoms with Crippen LogP contribution >= 0.6 is 0 Å². The second-order valence-electron chi connectivity index (χ2n) is 9.95. The Labute approximate surface area is 197 Å². The average Bonchev–Trinajstić information content (AvgIpc) is 3.18. The number of carbonyl (C=O) groups excluding carboxylic acids is 1. The first-order valence-electron chi connectivity index (χ1n) is 12.0. The van der Waals surface area contributed by atoms with Gasteiger partial charge in [0, 0.05) is 43.4 Å². The quantitative estimate of drug-likeness (QED) is 0.540. The molecule has 2 heterocycles. The smallest absolute Gasteiger partial charge is 0.298 e. The zero-order chi connectivity index (χ0) is 24.0. The summed E-state index contributed by atoms with van der Waals surface area (Å²) in [5, 5.41) is 2.53. The van der Waals surface area contributed by atoms with Crippen LogP contribution in [0, 0.1) is 28.9 Å². The summed E-state index contributed by atoms with van der Waals surface area (Å²) < 4.78 is 45.9. The van der Waals surface area contributed by atoms with Crippen LogP contribution in [0.5, 0.6) is 5.75 Å². The van der Waals surface area contributed by atoms with Crippen LogP contribution in [0.4, 0.5) is 20.5 Å². The van der Waals surface area contributed by atoms with Crippen molar-refractivity contribution in [1.82, 2.24) is 4.98 Å². The summed E-state index contributed by atoms with van der Waals surface area (Å²) in [6.07, 6.45) is 4.83. The lowest BCUT2D eigenvalue weighted by molar-refractivity contribution is 0.101. The molecular weight excluding hydrogens is 444 g/mol. The van der Waals surface area contributed by atoms with E-state index in [1.54, 1.807) is 0 Å². The molecule has 0 spiro atoms. The number of amides is 1. The van der Waals surface area contributed by atoms with Gasteiger partial charge in [-0.25, -0.2) is 8.78 Å². The first-order chi connectivity index (χ1) is 16.3. The maximum atomic E-state index is 14.7. The van der Waals surface area contributed by atoms with Crippen molar-refractivity contribution >= 4 is 17.6 Å². The second-order valence-corrected chi connectivity index (χ2v) is 9.95. The molecule has 3 atom stereocenters. The van der Waals surface area contributed by atoms with Gasteiger partial charge in [0.25, 0.3) is 11.9 Å². The monoisotopic (exact) mass is 475 g/mol. The molecule has 3 aliphatic rings. The van der Waals surface area contributed by atoms with Gasteiger partial charge >= 0.3 is 0 Å². The van der Waals surface area contributed by atoms with Crippen molar-refractivity contribution in [1.29, 1.82) is 0 Å². The lowest BCUT2D eigenvalue weighted by Gasteiger charge is -2.48. The Morgan fingerprint density at radius 1 is 1.18 bits per heavy atom. The Bertz CT molecular complexity index is 1040.